The lowest BCUT2D eigenvalue weighted by Crippen LogP contribution is -2.27. The zero-order valence-corrected chi connectivity index (χ0v) is 19.0. The molecule has 6 nitrogen and oxygen atoms in total. The molecule has 0 bridgehead atoms. The fourth-order valence-corrected chi connectivity index (χ4v) is 5.78. The summed E-state index contributed by atoms with van der Waals surface area (Å²) in [6.07, 6.45) is 1.15. The van der Waals surface area contributed by atoms with Crippen molar-refractivity contribution in [1.29, 1.82) is 0 Å². The van der Waals surface area contributed by atoms with E-state index in [0.717, 1.165) is 17.4 Å². The molecule has 4 rings (SSSR count). The molecule has 2 heterocycles. The van der Waals surface area contributed by atoms with Gasteiger partial charge in [0.2, 0.25) is 0 Å². The SMILES string of the molecule is Cc1ccc(S(=O)(=O)N(C)c2[nH]c3ccc(S(C)(=O)=O)cc3c2-c2ccsc2)cc1. The molecule has 30 heavy (non-hydrogen) atoms. The normalized spacial score (nSPS) is 12.4. The van der Waals surface area contributed by atoms with Crippen molar-refractivity contribution in [3.8, 4) is 11.1 Å². The van der Waals surface area contributed by atoms with Crippen LogP contribution >= 0.6 is 11.3 Å². The Morgan fingerprint density at radius 3 is 2.20 bits per heavy atom. The van der Waals surface area contributed by atoms with Gasteiger partial charge >= 0.3 is 0 Å². The van der Waals surface area contributed by atoms with E-state index in [4.69, 9.17) is 0 Å². The van der Waals surface area contributed by atoms with Crippen molar-refractivity contribution in [2.75, 3.05) is 17.6 Å². The lowest BCUT2D eigenvalue weighted by molar-refractivity contribution is 0.593. The van der Waals surface area contributed by atoms with Crippen LogP contribution in [0.3, 0.4) is 0 Å². The van der Waals surface area contributed by atoms with Gasteiger partial charge in [-0.15, -0.1) is 0 Å². The van der Waals surface area contributed by atoms with E-state index in [-0.39, 0.29) is 9.79 Å². The largest absolute Gasteiger partial charge is 0.340 e. The quantitative estimate of drug-likeness (QED) is 0.477. The van der Waals surface area contributed by atoms with Crippen LogP contribution in [0.4, 0.5) is 5.82 Å². The Balaban J connectivity index is 1.96. The third-order valence-corrected chi connectivity index (χ3v) is 8.55. The van der Waals surface area contributed by atoms with E-state index in [1.807, 2.05) is 23.8 Å². The van der Waals surface area contributed by atoms with Gasteiger partial charge in [-0.05, 0) is 59.6 Å². The van der Waals surface area contributed by atoms with Crippen LogP contribution in [0, 0.1) is 6.92 Å². The van der Waals surface area contributed by atoms with Crippen molar-refractivity contribution in [2.24, 2.45) is 0 Å². The minimum absolute atomic E-state index is 0.182. The molecule has 0 aliphatic carbocycles. The monoisotopic (exact) mass is 460 g/mol. The highest BCUT2D eigenvalue weighted by atomic mass is 32.2. The summed E-state index contributed by atoms with van der Waals surface area (Å²) in [5.41, 5.74) is 3.09. The van der Waals surface area contributed by atoms with Crippen LogP contribution in [0.1, 0.15) is 5.56 Å². The molecular weight excluding hydrogens is 440 g/mol. The Morgan fingerprint density at radius 2 is 1.60 bits per heavy atom. The van der Waals surface area contributed by atoms with E-state index in [1.165, 1.54) is 28.8 Å². The van der Waals surface area contributed by atoms with Crippen molar-refractivity contribution in [2.45, 2.75) is 16.7 Å². The number of hydrogen-bond donors (Lipinski definition) is 1. The van der Waals surface area contributed by atoms with Crippen LogP contribution in [0.15, 0.2) is 69.1 Å². The number of nitrogens with one attached hydrogen (secondary N) is 1. The molecule has 0 unspecified atom stereocenters. The molecule has 0 fully saturated rings. The number of aromatic nitrogens is 1. The van der Waals surface area contributed by atoms with Crippen LogP contribution in [0.2, 0.25) is 0 Å². The summed E-state index contributed by atoms with van der Waals surface area (Å²) in [4.78, 5) is 3.54. The number of hydrogen-bond acceptors (Lipinski definition) is 5. The number of benzene rings is 2. The molecule has 2 aromatic heterocycles. The molecule has 4 aromatic rings. The predicted molar refractivity (Wildman–Crippen MR) is 121 cm³/mol. The van der Waals surface area contributed by atoms with E-state index in [1.54, 1.807) is 36.4 Å². The molecule has 0 spiro atoms. The first-order chi connectivity index (χ1) is 14.1. The zero-order valence-electron chi connectivity index (χ0n) is 16.6. The highest BCUT2D eigenvalue weighted by Gasteiger charge is 2.27. The Bertz CT molecular complexity index is 1430. The summed E-state index contributed by atoms with van der Waals surface area (Å²) in [7, 11) is -5.74. The van der Waals surface area contributed by atoms with Crippen LogP contribution in [-0.4, -0.2) is 35.1 Å². The van der Waals surface area contributed by atoms with Gasteiger partial charge in [0.15, 0.2) is 9.84 Å². The van der Waals surface area contributed by atoms with Crippen molar-refractivity contribution in [1.82, 2.24) is 4.98 Å². The fraction of sp³-hybridized carbons (Fsp3) is 0.143. The minimum atomic E-state index is -3.82. The second-order valence-electron chi connectivity index (χ2n) is 7.13. The van der Waals surface area contributed by atoms with Crippen molar-refractivity contribution < 1.29 is 16.8 Å². The number of sulfone groups is 1. The number of thiophene rings is 1. The first-order valence-corrected chi connectivity index (χ1v) is 13.3. The van der Waals surface area contributed by atoms with E-state index < -0.39 is 19.9 Å². The van der Waals surface area contributed by atoms with E-state index in [9.17, 15) is 16.8 Å². The van der Waals surface area contributed by atoms with Gasteiger partial charge in [-0.1, -0.05) is 17.7 Å². The summed E-state index contributed by atoms with van der Waals surface area (Å²) in [6.45, 7) is 1.89. The first kappa shape index (κ1) is 20.6. The summed E-state index contributed by atoms with van der Waals surface area (Å²) in [5.74, 6) is 0.384. The summed E-state index contributed by atoms with van der Waals surface area (Å²) in [5, 5.41) is 4.45. The highest BCUT2D eigenvalue weighted by molar-refractivity contribution is 7.92. The zero-order chi connectivity index (χ0) is 21.7. The number of sulfonamides is 1. The lowest BCUT2D eigenvalue weighted by Gasteiger charge is -2.20. The number of aromatic amines is 1. The van der Waals surface area contributed by atoms with Crippen LogP contribution in [0.5, 0.6) is 0 Å². The number of rotatable bonds is 5. The van der Waals surface area contributed by atoms with Crippen LogP contribution in [0.25, 0.3) is 22.0 Å². The third-order valence-electron chi connectivity index (χ3n) is 4.98. The number of H-pyrrole nitrogens is 1. The molecule has 2 aromatic carbocycles. The molecule has 0 radical (unpaired) electrons. The van der Waals surface area contributed by atoms with Gasteiger partial charge in [-0.2, -0.15) is 11.3 Å². The first-order valence-electron chi connectivity index (χ1n) is 9.03. The molecule has 0 aliphatic heterocycles. The molecule has 0 saturated heterocycles. The van der Waals surface area contributed by atoms with Gasteiger partial charge < -0.3 is 4.98 Å². The topological polar surface area (TPSA) is 87.3 Å². The molecule has 0 atom stereocenters. The Labute approximate surface area is 179 Å². The number of fused-ring (bicyclic) bond motifs is 1. The Hall–Kier alpha value is -2.62. The van der Waals surface area contributed by atoms with Gasteiger partial charge in [0.25, 0.3) is 10.0 Å². The maximum absolute atomic E-state index is 13.3. The van der Waals surface area contributed by atoms with Gasteiger partial charge in [0, 0.05) is 29.8 Å². The average molecular weight is 461 g/mol. The number of nitrogens with zero attached hydrogens (tertiary/aromatic N) is 1. The molecule has 1 N–H and O–H groups in total. The summed E-state index contributed by atoms with van der Waals surface area (Å²) >= 11 is 1.48. The van der Waals surface area contributed by atoms with E-state index in [0.29, 0.717) is 22.3 Å². The number of anilines is 1. The van der Waals surface area contributed by atoms with Gasteiger partial charge in [-0.25, -0.2) is 16.8 Å². The third kappa shape index (κ3) is 3.53. The van der Waals surface area contributed by atoms with Crippen molar-refractivity contribution in [3.63, 3.8) is 0 Å². The van der Waals surface area contributed by atoms with E-state index >= 15 is 0 Å². The fourth-order valence-electron chi connectivity index (χ4n) is 3.31. The average Bonchev–Trinajstić information content (AvgIpc) is 3.33. The standard InChI is InChI=1S/C21H20N2O4S3/c1-14-4-6-16(7-5-14)30(26,27)23(2)21-20(15-10-11-28-13-15)18-12-17(29(3,24)25)8-9-19(18)22-21/h4-13,22H,1-3H3. The van der Waals surface area contributed by atoms with E-state index in [2.05, 4.69) is 4.98 Å². The maximum Gasteiger partial charge on any atom is 0.265 e. The predicted octanol–water partition coefficient (Wildman–Crippen LogP) is 4.43. The minimum Gasteiger partial charge on any atom is -0.340 e. The Morgan fingerprint density at radius 1 is 0.933 bits per heavy atom. The number of aryl methyl sites for hydroxylation is 1. The lowest BCUT2D eigenvalue weighted by atomic mass is 10.1. The van der Waals surface area contributed by atoms with Crippen molar-refractivity contribution in [3.05, 3.63) is 64.9 Å². The molecule has 9 heteroatoms. The molecule has 0 amide bonds. The second kappa shape index (κ2) is 7.26. The molecular formula is C21H20N2O4S3. The van der Waals surface area contributed by atoms with Gasteiger partial charge in [0.05, 0.1) is 9.79 Å². The Kier molecular flexibility index (Phi) is 5.00. The second-order valence-corrected chi connectivity index (χ2v) is 11.9. The molecule has 156 valence electrons. The van der Waals surface area contributed by atoms with Crippen LogP contribution in [-0.2, 0) is 19.9 Å². The highest BCUT2D eigenvalue weighted by Crippen LogP contribution is 2.40. The summed E-state index contributed by atoms with van der Waals surface area (Å²) < 4.78 is 51.9. The smallest absolute Gasteiger partial charge is 0.265 e. The van der Waals surface area contributed by atoms with Gasteiger partial charge in [0.1, 0.15) is 5.82 Å². The van der Waals surface area contributed by atoms with Crippen LogP contribution < -0.4 is 4.31 Å². The maximum atomic E-state index is 13.3. The summed E-state index contributed by atoms with van der Waals surface area (Å²) in [6, 6.07) is 13.3. The van der Waals surface area contributed by atoms with Gasteiger partial charge in [-0.3, -0.25) is 4.31 Å². The molecule has 0 aliphatic rings. The van der Waals surface area contributed by atoms with Crippen molar-refractivity contribution >= 4 is 47.9 Å². The molecule has 0 saturated carbocycles.